The molecule has 0 radical (unpaired) electrons. The van der Waals surface area contributed by atoms with Gasteiger partial charge in [-0.3, -0.25) is 4.79 Å². The number of rotatable bonds is 5. The maximum Gasteiger partial charge on any atom is 0.352 e. The number of aliphatic hydroxyl groups excluding tert-OH is 1. The van der Waals surface area contributed by atoms with E-state index < -0.39 is 30.3 Å². The number of amides is 1. The summed E-state index contributed by atoms with van der Waals surface area (Å²) in [7, 11) is 0. The number of halogens is 2. The summed E-state index contributed by atoms with van der Waals surface area (Å²) in [4.78, 5) is 26.0. The zero-order valence-electron chi connectivity index (χ0n) is 14.5. The number of imidazole rings is 1. The number of β-lactam (4-membered cyclic amide) rings is 1. The van der Waals surface area contributed by atoms with Gasteiger partial charge in [0.1, 0.15) is 18.4 Å². The van der Waals surface area contributed by atoms with Crippen molar-refractivity contribution in [2.75, 3.05) is 0 Å². The van der Waals surface area contributed by atoms with Crippen molar-refractivity contribution in [1.82, 2.24) is 9.30 Å². The van der Waals surface area contributed by atoms with Crippen LogP contribution in [0.1, 0.15) is 26.0 Å². The van der Waals surface area contributed by atoms with Crippen LogP contribution in [0.3, 0.4) is 0 Å². The van der Waals surface area contributed by atoms with Gasteiger partial charge in [-0.2, -0.15) is 4.40 Å². The second-order valence-electron chi connectivity index (χ2n) is 7.02. The average molecular weight is 398 g/mol. The van der Waals surface area contributed by atoms with Gasteiger partial charge >= 0.3 is 5.97 Å². The Morgan fingerprint density at radius 1 is 1.44 bits per heavy atom. The van der Waals surface area contributed by atoms with Gasteiger partial charge < -0.3 is 15.1 Å². The number of hydrogen-bond donors (Lipinski definition) is 2. The molecule has 27 heavy (non-hydrogen) atoms. The van der Waals surface area contributed by atoms with Gasteiger partial charge in [0.2, 0.25) is 17.1 Å². The first-order valence-electron chi connectivity index (χ1n) is 8.46. The average Bonchev–Trinajstić information content (AvgIpc) is 3.19. The van der Waals surface area contributed by atoms with Crippen LogP contribution in [0.4, 0.5) is 8.78 Å². The van der Waals surface area contributed by atoms with Gasteiger partial charge in [0, 0.05) is 16.9 Å². The van der Waals surface area contributed by atoms with Crippen LogP contribution in [-0.2, 0) is 16.1 Å². The molecule has 1 fully saturated rings. The summed E-state index contributed by atoms with van der Waals surface area (Å²) < 4.78 is 29.2. The van der Waals surface area contributed by atoms with E-state index in [-0.39, 0.29) is 29.9 Å². The quantitative estimate of drug-likeness (QED) is 0.589. The highest BCUT2D eigenvalue weighted by Crippen LogP contribution is 2.47. The molecule has 2 aliphatic heterocycles. The fourth-order valence-electron chi connectivity index (χ4n) is 4.19. The molecule has 0 unspecified atom stereocenters. The Labute approximate surface area is 156 Å². The van der Waals surface area contributed by atoms with E-state index in [0.29, 0.717) is 10.4 Å². The second kappa shape index (κ2) is 6.10. The largest absolute Gasteiger partial charge is 0.477 e. The minimum absolute atomic E-state index is 0.0643. The van der Waals surface area contributed by atoms with Crippen LogP contribution in [-0.4, -0.2) is 43.5 Å². The van der Waals surface area contributed by atoms with Crippen molar-refractivity contribution >= 4 is 28.0 Å². The number of carboxylic acids is 1. The number of fused-ring (bicyclic) bond motifs is 2. The van der Waals surface area contributed by atoms with E-state index in [0.717, 1.165) is 0 Å². The van der Waals surface area contributed by atoms with Gasteiger partial charge in [0.25, 0.3) is 6.43 Å². The van der Waals surface area contributed by atoms with Gasteiger partial charge in [0.05, 0.1) is 18.1 Å². The van der Waals surface area contributed by atoms with Crippen LogP contribution in [0.2, 0.25) is 0 Å². The van der Waals surface area contributed by atoms with Gasteiger partial charge in [0.15, 0.2) is 5.69 Å². The highest BCUT2D eigenvalue weighted by atomic mass is 32.1. The van der Waals surface area contributed by atoms with E-state index in [1.165, 1.54) is 39.3 Å². The zero-order valence-corrected chi connectivity index (χ0v) is 15.4. The number of hydrogen-bond acceptors (Lipinski definition) is 4. The summed E-state index contributed by atoms with van der Waals surface area (Å²) in [5.74, 6) is -2.48. The molecule has 4 rings (SSSR count). The molecule has 0 saturated carbocycles. The Hall–Kier alpha value is -2.33. The van der Waals surface area contributed by atoms with Crippen LogP contribution in [0.25, 0.3) is 4.83 Å². The highest BCUT2D eigenvalue weighted by molar-refractivity contribution is 7.15. The van der Waals surface area contributed by atoms with E-state index in [1.807, 2.05) is 6.92 Å². The van der Waals surface area contributed by atoms with E-state index >= 15 is 0 Å². The van der Waals surface area contributed by atoms with Crippen molar-refractivity contribution in [2.24, 2.45) is 11.8 Å². The highest BCUT2D eigenvalue weighted by Gasteiger charge is 2.60. The van der Waals surface area contributed by atoms with Crippen LogP contribution in [0.5, 0.6) is 0 Å². The van der Waals surface area contributed by atoms with E-state index in [4.69, 9.17) is 0 Å². The summed E-state index contributed by atoms with van der Waals surface area (Å²) >= 11 is 1.18. The maximum atomic E-state index is 13.1. The Bertz CT molecular complexity index is 980. The third-order valence-electron chi connectivity index (χ3n) is 5.45. The lowest BCUT2D eigenvalue weighted by Crippen LogP contribution is -2.63. The summed E-state index contributed by atoms with van der Waals surface area (Å²) in [5.41, 5.74) is 0.366. The first-order valence-corrected chi connectivity index (χ1v) is 9.34. The van der Waals surface area contributed by atoms with Crippen LogP contribution in [0.15, 0.2) is 29.2 Å². The smallest absolute Gasteiger partial charge is 0.352 e. The topological polar surface area (TPSA) is 86.1 Å². The molecular formula is C17H18F2N3O4S+. The zero-order chi connectivity index (χ0) is 19.6. The first kappa shape index (κ1) is 18.1. The van der Waals surface area contributed by atoms with Crippen LogP contribution < -0.4 is 4.57 Å². The van der Waals surface area contributed by atoms with Gasteiger partial charge in [-0.05, 0) is 6.92 Å². The molecule has 2 aliphatic rings. The molecule has 0 aromatic carbocycles. The molecule has 4 atom stereocenters. The Morgan fingerprint density at radius 2 is 2.15 bits per heavy atom. The monoisotopic (exact) mass is 398 g/mol. The number of aliphatic carboxylic acids is 1. The molecule has 4 heterocycles. The summed E-state index contributed by atoms with van der Waals surface area (Å²) in [6.45, 7) is 3.52. The van der Waals surface area contributed by atoms with Crippen LogP contribution in [0, 0.1) is 11.8 Å². The van der Waals surface area contributed by atoms with Crippen molar-refractivity contribution in [1.29, 1.82) is 0 Å². The fraction of sp³-hybridized carbons (Fsp3) is 0.471. The molecule has 0 aliphatic carbocycles. The molecular weight excluding hydrogens is 380 g/mol. The lowest BCUT2D eigenvalue weighted by molar-refractivity contribution is -0.688. The number of nitrogens with zero attached hydrogens (tertiary/aromatic N) is 3. The second-order valence-corrected chi connectivity index (χ2v) is 7.91. The molecule has 10 heteroatoms. The molecule has 0 spiro atoms. The number of carbonyl (C=O) groups excluding carboxylic acids is 1. The Morgan fingerprint density at radius 3 is 2.74 bits per heavy atom. The lowest BCUT2D eigenvalue weighted by atomic mass is 9.78. The predicted molar refractivity (Wildman–Crippen MR) is 90.1 cm³/mol. The number of aromatic nitrogens is 2. The number of carbonyl (C=O) groups is 2. The van der Waals surface area contributed by atoms with E-state index in [1.54, 1.807) is 10.8 Å². The third-order valence-corrected chi connectivity index (χ3v) is 6.35. The number of thiazole rings is 1. The SMILES string of the molecule is C[C@@H](O)[C@H]1C(=O)N2C(C(=O)O)=C(C[n+]3cc4scc(C(F)F)n4c3)[C@H](C)[C@H]12. The van der Waals surface area contributed by atoms with Crippen molar-refractivity contribution < 1.29 is 33.2 Å². The number of carboxylic acid groups (broad SMARTS) is 1. The Balaban J connectivity index is 1.70. The minimum Gasteiger partial charge on any atom is -0.477 e. The van der Waals surface area contributed by atoms with Crippen molar-refractivity contribution in [3.8, 4) is 0 Å². The Kier molecular flexibility index (Phi) is 4.08. The fourth-order valence-corrected chi connectivity index (χ4v) is 5.11. The molecule has 0 bridgehead atoms. The molecule has 2 aromatic heterocycles. The van der Waals surface area contributed by atoms with E-state index in [2.05, 4.69) is 0 Å². The minimum atomic E-state index is -2.61. The standard InChI is InChI=1S/C17H17F2N3O4S/c1-7-9(3-20-4-11-21(6-20)10(5-27-11)15(18)19)14(17(25)26)22-13(7)12(8(2)23)16(22)24/h4-8,12-13,15,23H,3H2,1-2H3/p+1/t7-,8+,12+,13+/m0/s1. The molecule has 2 aromatic rings. The molecule has 1 amide bonds. The molecule has 144 valence electrons. The van der Waals surface area contributed by atoms with Crippen molar-refractivity contribution in [3.63, 3.8) is 0 Å². The molecule has 7 nitrogen and oxygen atoms in total. The number of aliphatic hydroxyl groups is 1. The maximum absolute atomic E-state index is 13.1. The lowest BCUT2D eigenvalue weighted by Gasteiger charge is -2.46. The molecule has 2 N–H and O–H groups in total. The summed E-state index contributed by atoms with van der Waals surface area (Å²) in [6.07, 6.45) is -0.281. The van der Waals surface area contributed by atoms with Crippen molar-refractivity contribution in [3.05, 3.63) is 34.9 Å². The van der Waals surface area contributed by atoms with E-state index in [9.17, 15) is 28.6 Å². The third kappa shape index (κ3) is 2.50. The van der Waals surface area contributed by atoms with Gasteiger partial charge in [-0.1, -0.05) is 18.3 Å². The predicted octanol–water partition coefficient (Wildman–Crippen LogP) is 1.42. The van der Waals surface area contributed by atoms with Crippen molar-refractivity contribution in [2.45, 2.75) is 39.0 Å². The number of alkyl halides is 2. The summed E-state index contributed by atoms with van der Waals surface area (Å²) in [5, 5.41) is 20.9. The first-order chi connectivity index (χ1) is 12.7. The van der Waals surface area contributed by atoms with Crippen LogP contribution >= 0.6 is 11.3 Å². The van der Waals surface area contributed by atoms with Gasteiger partial charge in [-0.25, -0.2) is 18.1 Å². The molecule has 1 saturated heterocycles. The summed E-state index contributed by atoms with van der Waals surface area (Å²) in [6, 6.07) is -0.389. The normalized spacial score (nSPS) is 26.1. The van der Waals surface area contributed by atoms with Gasteiger partial charge in [-0.15, -0.1) is 0 Å².